The molecule has 1 aromatic heterocycles. The van der Waals surface area contributed by atoms with Crippen LogP contribution in [-0.4, -0.2) is 69.3 Å². The summed E-state index contributed by atoms with van der Waals surface area (Å²) in [4.78, 5) is 21.9. The summed E-state index contributed by atoms with van der Waals surface area (Å²) in [5.41, 5.74) is -1.04. The lowest BCUT2D eigenvalue weighted by Gasteiger charge is -2.24. The summed E-state index contributed by atoms with van der Waals surface area (Å²) in [5, 5.41) is 20.5. The van der Waals surface area contributed by atoms with Crippen molar-refractivity contribution in [2.75, 3.05) is 32.8 Å². The van der Waals surface area contributed by atoms with Gasteiger partial charge in [-0.25, -0.2) is 4.98 Å². The molecule has 2 aliphatic rings. The summed E-state index contributed by atoms with van der Waals surface area (Å²) >= 11 is 1.48. The van der Waals surface area contributed by atoms with E-state index in [-0.39, 0.29) is 12.5 Å². The number of likely N-dealkylation sites (tertiary alicyclic amines) is 2. The van der Waals surface area contributed by atoms with Crippen molar-refractivity contribution in [1.82, 2.24) is 14.8 Å². The Morgan fingerprint density at radius 1 is 1.22 bits per heavy atom. The van der Waals surface area contributed by atoms with Gasteiger partial charge in [0.05, 0.1) is 24.9 Å². The Morgan fingerprint density at radius 2 is 2.00 bits per heavy atom. The average molecular weight is 339 g/mol. The fraction of sp³-hybridized carbons (Fsp3) is 0.750. The normalized spacial score (nSPS) is 26.4. The first kappa shape index (κ1) is 16.8. The SMILES string of the molecule is O=C(c1cnc(CN2CCCC2)s1)N1CCC[C@](O)(CO)CC1. The smallest absolute Gasteiger partial charge is 0.265 e. The van der Waals surface area contributed by atoms with Gasteiger partial charge in [0.1, 0.15) is 9.88 Å². The van der Waals surface area contributed by atoms with Gasteiger partial charge in [0, 0.05) is 13.1 Å². The number of amides is 1. The van der Waals surface area contributed by atoms with Crippen molar-refractivity contribution in [2.24, 2.45) is 0 Å². The number of nitrogens with zero attached hydrogens (tertiary/aromatic N) is 3. The Morgan fingerprint density at radius 3 is 2.74 bits per heavy atom. The maximum atomic E-state index is 12.6. The van der Waals surface area contributed by atoms with Gasteiger partial charge in [-0.3, -0.25) is 9.69 Å². The van der Waals surface area contributed by atoms with Crippen LogP contribution in [0, 0.1) is 0 Å². The predicted molar refractivity (Wildman–Crippen MR) is 88.4 cm³/mol. The molecule has 128 valence electrons. The Labute approximate surface area is 140 Å². The fourth-order valence-corrected chi connectivity index (χ4v) is 4.24. The third-order valence-corrected chi connectivity index (χ3v) is 5.79. The van der Waals surface area contributed by atoms with E-state index in [4.69, 9.17) is 0 Å². The molecule has 1 atom stereocenters. The Hall–Kier alpha value is -1.02. The molecule has 1 amide bonds. The number of rotatable bonds is 4. The van der Waals surface area contributed by atoms with E-state index in [2.05, 4.69) is 9.88 Å². The number of carbonyl (C=O) groups is 1. The number of hydrogen-bond acceptors (Lipinski definition) is 6. The van der Waals surface area contributed by atoms with Gasteiger partial charge in [0.15, 0.2) is 0 Å². The fourth-order valence-electron chi connectivity index (χ4n) is 3.31. The van der Waals surface area contributed by atoms with Crippen LogP contribution in [0.25, 0.3) is 0 Å². The highest BCUT2D eigenvalue weighted by atomic mass is 32.1. The lowest BCUT2D eigenvalue weighted by atomic mass is 9.96. The van der Waals surface area contributed by atoms with Gasteiger partial charge in [-0.05, 0) is 45.2 Å². The Bertz CT molecular complexity index is 544. The molecule has 0 unspecified atom stereocenters. The number of aromatic nitrogens is 1. The van der Waals surface area contributed by atoms with Crippen LogP contribution in [0.1, 0.15) is 46.8 Å². The number of thiazole rings is 1. The summed E-state index contributed by atoms with van der Waals surface area (Å²) in [7, 11) is 0. The van der Waals surface area contributed by atoms with Crippen LogP contribution in [-0.2, 0) is 6.54 Å². The Balaban J connectivity index is 1.60. The molecule has 0 radical (unpaired) electrons. The van der Waals surface area contributed by atoms with Crippen LogP contribution in [0.4, 0.5) is 0 Å². The van der Waals surface area contributed by atoms with Gasteiger partial charge in [-0.15, -0.1) is 11.3 Å². The molecule has 3 rings (SSSR count). The minimum atomic E-state index is -1.04. The molecular weight excluding hydrogens is 314 g/mol. The van der Waals surface area contributed by atoms with Gasteiger partial charge in [0.25, 0.3) is 5.91 Å². The molecular formula is C16H25N3O3S. The van der Waals surface area contributed by atoms with Gasteiger partial charge in [-0.1, -0.05) is 0 Å². The number of hydrogen-bond donors (Lipinski definition) is 2. The topological polar surface area (TPSA) is 76.9 Å². The van der Waals surface area contributed by atoms with Gasteiger partial charge in [-0.2, -0.15) is 0 Å². The lowest BCUT2D eigenvalue weighted by molar-refractivity contribution is -0.0250. The molecule has 3 heterocycles. The summed E-state index contributed by atoms with van der Waals surface area (Å²) in [6.07, 6.45) is 5.85. The van der Waals surface area contributed by atoms with Gasteiger partial charge < -0.3 is 15.1 Å². The highest BCUT2D eigenvalue weighted by Gasteiger charge is 2.31. The van der Waals surface area contributed by atoms with E-state index in [1.807, 2.05) is 0 Å². The van der Waals surface area contributed by atoms with E-state index in [0.717, 1.165) is 24.6 Å². The monoisotopic (exact) mass is 339 g/mol. The first-order chi connectivity index (χ1) is 11.1. The standard InChI is InChI=1S/C16H25N3O3S/c20-12-16(22)4-3-8-19(9-5-16)15(21)13-10-17-14(23-13)11-18-6-1-2-7-18/h10,20,22H,1-9,11-12H2/t16-/m1/s1. The summed E-state index contributed by atoms with van der Waals surface area (Å²) < 4.78 is 0. The minimum absolute atomic E-state index is 0.00244. The second-order valence-corrected chi connectivity index (χ2v) is 7.74. The number of aliphatic hydroxyl groups excluding tert-OH is 1. The highest BCUT2D eigenvalue weighted by Crippen LogP contribution is 2.24. The largest absolute Gasteiger partial charge is 0.393 e. The summed E-state index contributed by atoms with van der Waals surface area (Å²) in [5.74, 6) is -0.00244. The summed E-state index contributed by atoms with van der Waals surface area (Å²) in [6, 6.07) is 0. The van der Waals surface area contributed by atoms with Crippen LogP contribution < -0.4 is 0 Å². The maximum absolute atomic E-state index is 12.6. The van der Waals surface area contributed by atoms with Crippen molar-refractivity contribution in [1.29, 1.82) is 0 Å². The lowest BCUT2D eigenvalue weighted by Crippen LogP contribution is -2.36. The molecule has 0 spiro atoms. The molecule has 2 fully saturated rings. The number of carbonyl (C=O) groups excluding carboxylic acids is 1. The maximum Gasteiger partial charge on any atom is 0.265 e. The van der Waals surface area contributed by atoms with Gasteiger partial charge >= 0.3 is 0 Å². The van der Waals surface area contributed by atoms with Gasteiger partial charge in [0.2, 0.25) is 0 Å². The second kappa shape index (κ2) is 7.25. The van der Waals surface area contributed by atoms with Crippen molar-refractivity contribution in [2.45, 2.75) is 44.2 Å². The van der Waals surface area contributed by atoms with E-state index in [0.29, 0.717) is 37.2 Å². The molecule has 0 saturated carbocycles. The molecule has 0 aliphatic carbocycles. The zero-order valence-electron chi connectivity index (χ0n) is 13.4. The van der Waals surface area contributed by atoms with Crippen molar-refractivity contribution in [3.05, 3.63) is 16.1 Å². The van der Waals surface area contributed by atoms with Crippen molar-refractivity contribution in [3.8, 4) is 0 Å². The zero-order chi connectivity index (χ0) is 16.3. The molecule has 0 aromatic carbocycles. The van der Waals surface area contributed by atoms with E-state index < -0.39 is 5.60 Å². The molecule has 2 aliphatic heterocycles. The predicted octanol–water partition coefficient (Wildman–Crippen LogP) is 1.09. The van der Waals surface area contributed by atoms with Crippen molar-refractivity contribution < 1.29 is 15.0 Å². The molecule has 6 nitrogen and oxygen atoms in total. The minimum Gasteiger partial charge on any atom is -0.393 e. The molecule has 23 heavy (non-hydrogen) atoms. The summed E-state index contributed by atoms with van der Waals surface area (Å²) in [6.45, 7) is 3.94. The third-order valence-electron chi connectivity index (χ3n) is 4.82. The molecule has 7 heteroatoms. The van der Waals surface area contributed by atoms with Crippen LogP contribution in [0.2, 0.25) is 0 Å². The first-order valence-corrected chi connectivity index (χ1v) is 9.21. The molecule has 2 N–H and O–H groups in total. The van der Waals surface area contributed by atoms with Crippen molar-refractivity contribution in [3.63, 3.8) is 0 Å². The van der Waals surface area contributed by atoms with E-state index in [1.54, 1.807) is 11.1 Å². The Kier molecular flexibility index (Phi) is 5.31. The molecule has 2 saturated heterocycles. The average Bonchev–Trinajstić information content (AvgIpc) is 3.18. The number of aliphatic hydroxyl groups is 2. The van der Waals surface area contributed by atoms with Crippen LogP contribution in [0.3, 0.4) is 0 Å². The van der Waals surface area contributed by atoms with Crippen molar-refractivity contribution >= 4 is 17.2 Å². The van der Waals surface area contributed by atoms with E-state index in [1.165, 1.54) is 24.2 Å². The second-order valence-electron chi connectivity index (χ2n) is 6.63. The van der Waals surface area contributed by atoms with Crippen LogP contribution in [0.5, 0.6) is 0 Å². The first-order valence-electron chi connectivity index (χ1n) is 8.39. The quantitative estimate of drug-likeness (QED) is 0.859. The van der Waals surface area contributed by atoms with E-state index >= 15 is 0 Å². The molecule has 1 aromatic rings. The van der Waals surface area contributed by atoms with E-state index in [9.17, 15) is 15.0 Å². The van der Waals surface area contributed by atoms with Crippen LogP contribution in [0.15, 0.2) is 6.20 Å². The van der Waals surface area contributed by atoms with Crippen LogP contribution >= 0.6 is 11.3 Å². The molecule has 0 bridgehead atoms. The zero-order valence-corrected chi connectivity index (χ0v) is 14.2. The highest BCUT2D eigenvalue weighted by molar-refractivity contribution is 7.13. The third kappa shape index (κ3) is 4.09.